The molecule has 0 unspecified atom stereocenters. The predicted octanol–water partition coefficient (Wildman–Crippen LogP) is 4.25. The Morgan fingerprint density at radius 3 is 2.27 bits per heavy atom. The first-order chi connectivity index (χ1) is 12.3. The standard InChI is InChI=1S/C20H34N2O3S/c1-4-5-10-18-12-14-19(15-13-18)22-20(23)11-8-6-7-9-16-21-26(24,25)17(2)3/h12-15,17,21H,4-11,16H2,1-3H3,(H,22,23). The van der Waals surface area contributed by atoms with E-state index in [1.807, 2.05) is 12.1 Å². The average molecular weight is 383 g/mol. The summed E-state index contributed by atoms with van der Waals surface area (Å²) in [6, 6.07) is 8.07. The molecule has 0 spiro atoms. The van der Waals surface area contributed by atoms with Gasteiger partial charge in [0.1, 0.15) is 0 Å². The van der Waals surface area contributed by atoms with Gasteiger partial charge in [0, 0.05) is 18.7 Å². The summed E-state index contributed by atoms with van der Waals surface area (Å²) in [5, 5.41) is 2.53. The van der Waals surface area contributed by atoms with Crippen LogP contribution in [0.4, 0.5) is 5.69 Å². The van der Waals surface area contributed by atoms with Crippen LogP contribution < -0.4 is 10.0 Å². The second-order valence-electron chi connectivity index (χ2n) is 7.00. The third-order valence-electron chi connectivity index (χ3n) is 4.31. The van der Waals surface area contributed by atoms with Crippen molar-refractivity contribution in [2.75, 3.05) is 11.9 Å². The van der Waals surface area contributed by atoms with Crippen LogP contribution in [0.5, 0.6) is 0 Å². The van der Waals surface area contributed by atoms with E-state index in [1.165, 1.54) is 18.4 Å². The number of carbonyl (C=O) groups excluding carboxylic acids is 1. The molecule has 0 aromatic heterocycles. The van der Waals surface area contributed by atoms with E-state index in [9.17, 15) is 13.2 Å². The maximum atomic E-state index is 12.0. The number of amides is 1. The number of nitrogens with one attached hydrogen (secondary N) is 2. The lowest BCUT2D eigenvalue weighted by Gasteiger charge is -2.09. The van der Waals surface area contributed by atoms with E-state index in [2.05, 4.69) is 29.1 Å². The highest BCUT2D eigenvalue weighted by Gasteiger charge is 2.13. The maximum Gasteiger partial charge on any atom is 0.224 e. The largest absolute Gasteiger partial charge is 0.326 e. The second kappa shape index (κ2) is 12.1. The summed E-state index contributed by atoms with van der Waals surface area (Å²) in [6.45, 7) is 5.98. The van der Waals surface area contributed by atoms with Crippen molar-refractivity contribution in [3.05, 3.63) is 29.8 Å². The Bertz CT molecular complexity index is 625. The van der Waals surface area contributed by atoms with E-state index >= 15 is 0 Å². The number of anilines is 1. The molecule has 0 fully saturated rings. The molecule has 148 valence electrons. The van der Waals surface area contributed by atoms with Gasteiger partial charge in [0.2, 0.25) is 15.9 Å². The average Bonchev–Trinajstić information content (AvgIpc) is 2.60. The van der Waals surface area contributed by atoms with Gasteiger partial charge in [0.25, 0.3) is 0 Å². The Balaban J connectivity index is 2.13. The van der Waals surface area contributed by atoms with Crippen LogP contribution in [-0.2, 0) is 21.2 Å². The number of aryl methyl sites for hydroxylation is 1. The Kier molecular flexibility index (Phi) is 10.5. The number of hydrogen-bond donors (Lipinski definition) is 2. The number of benzene rings is 1. The lowest BCUT2D eigenvalue weighted by Crippen LogP contribution is -2.31. The van der Waals surface area contributed by atoms with Crippen LogP contribution in [-0.4, -0.2) is 26.1 Å². The third kappa shape index (κ3) is 9.34. The molecule has 0 aliphatic carbocycles. The van der Waals surface area contributed by atoms with Crippen molar-refractivity contribution in [2.45, 2.75) is 77.4 Å². The van der Waals surface area contributed by atoms with Crippen LogP contribution in [0.15, 0.2) is 24.3 Å². The third-order valence-corrected chi connectivity index (χ3v) is 6.16. The molecule has 1 aromatic carbocycles. The van der Waals surface area contributed by atoms with E-state index in [0.717, 1.165) is 37.8 Å². The van der Waals surface area contributed by atoms with Gasteiger partial charge in [-0.05, 0) is 57.2 Å². The zero-order valence-electron chi connectivity index (χ0n) is 16.4. The molecule has 0 aliphatic rings. The van der Waals surface area contributed by atoms with E-state index in [0.29, 0.717) is 13.0 Å². The highest BCUT2D eigenvalue weighted by atomic mass is 32.2. The molecule has 1 aromatic rings. The van der Waals surface area contributed by atoms with Gasteiger partial charge in [-0.15, -0.1) is 0 Å². The van der Waals surface area contributed by atoms with Gasteiger partial charge in [-0.1, -0.05) is 38.3 Å². The SMILES string of the molecule is CCCCc1ccc(NC(=O)CCCCCCNS(=O)(=O)C(C)C)cc1. The summed E-state index contributed by atoms with van der Waals surface area (Å²) in [5.41, 5.74) is 2.15. The van der Waals surface area contributed by atoms with Crippen LogP contribution in [0.2, 0.25) is 0 Å². The zero-order chi connectivity index (χ0) is 19.4. The van der Waals surface area contributed by atoms with Gasteiger partial charge in [-0.2, -0.15) is 0 Å². The Morgan fingerprint density at radius 1 is 1.00 bits per heavy atom. The number of unbranched alkanes of at least 4 members (excludes halogenated alkanes) is 4. The van der Waals surface area contributed by atoms with Crippen LogP contribution >= 0.6 is 0 Å². The molecule has 6 heteroatoms. The van der Waals surface area contributed by atoms with Crippen molar-refractivity contribution in [2.24, 2.45) is 0 Å². The molecule has 2 N–H and O–H groups in total. The van der Waals surface area contributed by atoms with Crippen molar-refractivity contribution in [3.8, 4) is 0 Å². The minimum Gasteiger partial charge on any atom is -0.326 e. The Morgan fingerprint density at radius 2 is 1.65 bits per heavy atom. The van der Waals surface area contributed by atoms with E-state index in [1.54, 1.807) is 13.8 Å². The molecular weight excluding hydrogens is 348 g/mol. The highest BCUT2D eigenvalue weighted by molar-refractivity contribution is 7.90. The summed E-state index contributed by atoms with van der Waals surface area (Å²) in [7, 11) is -3.16. The quantitative estimate of drug-likeness (QED) is 0.501. The van der Waals surface area contributed by atoms with Gasteiger partial charge < -0.3 is 5.32 Å². The molecule has 0 radical (unpaired) electrons. The van der Waals surface area contributed by atoms with Crippen molar-refractivity contribution in [3.63, 3.8) is 0 Å². The fraction of sp³-hybridized carbons (Fsp3) is 0.650. The fourth-order valence-corrected chi connectivity index (χ4v) is 3.27. The van der Waals surface area contributed by atoms with Crippen molar-refractivity contribution >= 4 is 21.6 Å². The first-order valence-electron chi connectivity index (χ1n) is 9.72. The van der Waals surface area contributed by atoms with Crippen LogP contribution in [0, 0.1) is 0 Å². The molecule has 1 amide bonds. The normalized spacial score (nSPS) is 11.7. The number of hydrogen-bond acceptors (Lipinski definition) is 3. The topological polar surface area (TPSA) is 75.3 Å². The molecule has 0 atom stereocenters. The summed E-state index contributed by atoms with van der Waals surface area (Å²) in [4.78, 5) is 12.0. The molecule has 5 nitrogen and oxygen atoms in total. The fourth-order valence-electron chi connectivity index (χ4n) is 2.50. The smallest absolute Gasteiger partial charge is 0.224 e. The lowest BCUT2D eigenvalue weighted by molar-refractivity contribution is -0.116. The minimum atomic E-state index is -3.16. The first kappa shape index (κ1) is 22.6. The molecular formula is C20H34N2O3S. The Hall–Kier alpha value is -1.40. The van der Waals surface area contributed by atoms with Crippen molar-refractivity contribution < 1.29 is 13.2 Å². The Labute approximate surface area is 159 Å². The second-order valence-corrected chi connectivity index (χ2v) is 9.32. The molecule has 0 saturated carbocycles. The van der Waals surface area contributed by atoms with E-state index < -0.39 is 15.3 Å². The molecule has 26 heavy (non-hydrogen) atoms. The van der Waals surface area contributed by atoms with Gasteiger partial charge in [-0.25, -0.2) is 13.1 Å². The van der Waals surface area contributed by atoms with Gasteiger partial charge >= 0.3 is 0 Å². The molecule has 0 saturated heterocycles. The van der Waals surface area contributed by atoms with Gasteiger partial charge in [0.05, 0.1) is 5.25 Å². The predicted molar refractivity (Wildman–Crippen MR) is 109 cm³/mol. The summed E-state index contributed by atoms with van der Waals surface area (Å²) < 4.78 is 25.8. The van der Waals surface area contributed by atoms with Crippen LogP contribution in [0.25, 0.3) is 0 Å². The molecule has 0 heterocycles. The summed E-state index contributed by atoms with van der Waals surface area (Å²) in [6.07, 6.45) is 7.40. The van der Waals surface area contributed by atoms with Gasteiger partial charge in [-0.3, -0.25) is 4.79 Å². The summed E-state index contributed by atoms with van der Waals surface area (Å²) in [5.74, 6) is 0.0341. The maximum absolute atomic E-state index is 12.0. The molecule has 1 rings (SSSR count). The van der Waals surface area contributed by atoms with Gasteiger partial charge in [0.15, 0.2) is 0 Å². The molecule has 0 bridgehead atoms. The molecule has 0 aliphatic heterocycles. The zero-order valence-corrected chi connectivity index (χ0v) is 17.2. The first-order valence-corrected chi connectivity index (χ1v) is 11.3. The number of carbonyl (C=O) groups is 1. The van der Waals surface area contributed by atoms with Crippen molar-refractivity contribution in [1.82, 2.24) is 4.72 Å². The monoisotopic (exact) mass is 382 g/mol. The number of sulfonamides is 1. The number of rotatable bonds is 13. The lowest BCUT2D eigenvalue weighted by atomic mass is 10.1. The van der Waals surface area contributed by atoms with E-state index in [-0.39, 0.29) is 5.91 Å². The minimum absolute atomic E-state index is 0.0341. The summed E-state index contributed by atoms with van der Waals surface area (Å²) >= 11 is 0. The van der Waals surface area contributed by atoms with E-state index in [4.69, 9.17) is 0 Å². The van der Waals surface area contributed by atoms with Crippen LogP contribution in [0.1, 0.15) is 71.3 Å². The van der Waals surface area contributed by atoms with Crippen LogP contribution in [0.3, 0.4) is 0 Å². The highest BCUT2D eigenvalue weighted by Crippen LogP contribution is 2.13. The van der Waals surface area contributed by atoms with Crippen molar-refractivity contribution in [1.29, 1.82) is 0 Å².